The van der Waals surface area contributed by atoms with E-state index in [1.165, 1.54) is 21.2 Å². The van der Waals surface area contributed by atoms with Gasteiger partial charge >= 0.3 is 0 Å². The summed E-state index contributed by atoms with van der Waals surface area (Å²) in [5.74, 6) is 0. The predicted octanol–water partition coefficient (Wildman–Crippen LogP) is 3.93. The Morgan fingerprint density at radius 2 is 2.25 bits per heavy atom. The molecule has 1 nitrogen and oxygen atoms in total. The minimum Gasteiger partial charge on any atom is -0.313 e. The minimum absolute atomic E-state index is 0.821. The number of hydrogen-bond acceptors (Lipinski definition) is 2. The van der Waals surface area contributed by atoms with Crippen LogP contribution in [0.15, 0.2) is 29.7 Å². The highest BCUT2D eigenvalue weighted by atomic mass is 35.5. The molecule has 1 aliphatic rings. The fraction of sp³-hybridized carbons (Fsp3) is 0.231. The van der Waals surface area contributed by atoms with Gasteiger partial charge in [-0.15, -0.1) is 11.3 Å². The average molecular weight is 250 g/mol. The minimum atomic E-state index is 0.821. The molecule has 82 valence electrons. The molecule has 0 amide bonds. The van der Waals surface area contributed by atoms with Crippen molar-refractivity contribution >= 4 is 38.6 Å². The van der Waals surface area contributed by atoms with Crippen LogP contribution in [-0.2, 0) is 0 Å². The average Bonchev–Trinajstić information content (AvgIpc) is 2.73. The van der Waals surface area contributed by atoms with Crippen molar-refractivity contribution in [2.75, 3.05) is 13.1 Å². The van der Waals surface area contributed by atoms with Crippen LogP contribution in [0.1, 0.15) is 12.0 Å². The number of fused-ring (bicyclic) bond motifs is 1. The maximum atomic E-state index is 6.06. The van der Waals surface area contributed by atoms with E-state index < -0.39 is 0 Å². The third-order valence-electron chi connectivity index (χ3n) is 2.95. The van der Waals surface area contributed by atoms with Crippen LogP contribution in [0.25, 0.3) is 15.7 Å². The highest BCUT2D eigenvalue weighted by Crippen LogP contribution is 2.34. The van der Waals surface area contributed by atoms with Crippen molar-refractivity contribution in [1.82, 2.24) is 5.32 Å². The van der Waals surface area contributed by atoms with E-state index in [9.17, 15) is 0 Å². The van der Waals surface area contributed by atoms with E-state index in [2.05, 4.69) is 28.9 Å². The zero-order valence-electron chi connectivity index (χ0n) is 8.79. The summed E-state index contributed by atoms with van der Waals surface area (Å²) in [6.07, 6.45) is 3.39. The second kappa shape index (κ2) is 4.21. The van der Waals surface area contributed by atoms with Gasteiger partial charge in [-0.2, -0.15) is 0 Å². The van der Waals surface area contributed by atoms with Gasteiger partial charge in [-0.05, 0) is 47.7 Å². The summed E-state index contributed by atoms with van der Waals surface area (Å²) < 4.78 is 1.32. The number of benzene rings is 1. The standard InChI is InChI=1S/C13H12ClNS/c14-10-1-2-13-11(7-10)12(8-16-13)9-3-5-15-6-4-9/h1-3,7-8,15H,4-6H2. The Hall–Kier alpha value is -0.830. The fourth-order valence-electron chi connectivity index (χ4n) is 2.12. The first-order valence-electron chi connectivity index (χ1n) is 5.41. The second-order valence-corrected chi connectivity index (χ2v) is 5.32. The smallest absolute Gasteiger partial charge is 0.0413 e. The van der Waals surface area contributed by atoms with Gasteiger partial charge in [-0.25, -0.2) is 0 Å². The summed E-state index contributed by atoms with van der Waals surface area (Å²) >= 11 is 7.86. The Labute approximate surface area is 104 Å². The summed E-state index contributed by atoms with van der Waals surface area (Å²) in [4.78, 5) is 0. The van der Waals surface area contributed by atoms with E-state index >= 15 is 0 Å². The maximum absolute atomic E-state index is 6.06. The molecule has 3 rings (SSSR count). The van der Waals surface area contributed by atoms with Crippen LogP contribution in [0.5, 0.6) is 0 Å². The van der Waals surface area contributed by atoms with Crippen LogP contribution in [0.3, 0.4) is 0 Å². The molecule has 2 heterocycles. The topological polar surface area (TPSA) is 12.0 Å². The summed E-state index contributed by atoms with van der Waals surface area (Å²) in [5.41, 5.74) is 2.82. The van der Waals surface area contributed by atoms with E-state index in [4.69, 9.17) is 11.6 Å². The summed E-state index contributed by atoms with van der Waals surface area (Å²) in [6.45, 7) is 2.05. The predicted molar refractivity (Wildman–Crippen MR) is 72.3 cm³/mol. The van der Waals surface area contributed by atoms with E-state index in [0.717, 1.165) is 24.5 Å². The SMILES string of the molecule is Clc1ccc2scc(C3=CCNCC3)c2c1. The van der Waals surface area contributed by atoms with Gasteiger partial charge < -0.3 is 5.32 Å². The summed E-state index contributed by atoms with van der Waals surface area (Å²) in [7, 11) is 0. The molecule has 1 aromatic carbocycles. The third-order valence-corrected chi connectivity index (χ3v) is 4.14. The Bertz CT molecular complexity index is 556. The van der Waals surface area contributed by atoms with Gasteiger partial charge in [0.2, 0.25) is 0 Å². The number of halogens is 1. The number of nitrogens with one attached hydrogen (secondary N) is 1. The Kier molecular flexibility index (Phi) is 2.72. The number of hydrogen-bond donors (Lipinski definition) is 1. The summed E-state index contributed by atoms with van der Waals surface area (Å²) in [5, 5.41) is 7.70. The monoisotopic (exact) mass is 249 g/mol. The van der Waals surface area contributed by atoms with Crippen molar-refractivity contribution in [1.29, 1.82) is 0 Å². The lowest BCUT2D eigenvalue weighted by atomic mass is 10.00. The lowest BCUT2D eigenvalue weighted by molar-refractivity contribution is 0.739. The van der Waals surface area contributed by atoms with E-state index in [1.54, 1.807) is 11.3 Å². The van der Waals surface area contributed by atoms with Crippen molar-refractivity contribution in [2.24, 2.45) is 0 Å². The van der Waals surface area contributed by atoms with Gasteiger partial charge in [0.15, 0.2) is 0 Å². The first-order valence-corrected chi connectivity index (χ1v) is 6.67. The van der Waals surface area contributed by atoms with Gasteiger partial charge in [0, 0.05) is 21.7 Å². The molecule has 0 radical (unpaired) electrons. The molecule has 16 heavy (non-hydrogen) atoms. The van der Waals surface area contributed by atoms with Crippen LogP contribution in [-0.4, -0.2) is 13.1 Å². The molecule has 2 aromatic rings. The number of thiophene rings is 1. The lowest BCUT2D eigenvalue weighted by Gasteiger charge is -2.13. The molecule has 1 aromatic heterocycles. The largest absolute Gasteiger partial charge is 0.313 e. The highest BCUT2D eigenvalue weighted by molar-refractivity contribution is 7.17. The lowest BCUT2D eigenvalue weighted by Crippen LogP contribution is -2.19. The quantitative estimate of drug-likeness (QED) is 0.808. The molecule has 3 heteroatoms. The van der Waals surface area contributed by atoms with Crippen molar-refractivity contribution in [3.63, 3.8) is 0 Å². The Morgan fingerprint density at radius 1 is 1.31 bits per heavy atom. The van der Waals surface area contributed by atoms with E-state index in [0.29, 0.717) is 0 Å². The molecule has 0 spiro atoms. The van der Waals surface area contributed by atoms with Gasteiger partial charge in [0.05, 0.1) is 0 Å². The molecule has 0 aliphatic carbocycles. The van der Waals surface area contributed by atoms with E-state index in [1.807, 2.05) is 6.07 Å². The maximum Gasteiger partial charge on any atom is 0.0413 e. The number of rotatable bonds is 1. The fourth-order valence-corrected chi connectivity index (χ4v) is 3.25. The van der Waals surface area contributed by atoms with Gasteiger partial charge in [0.25, 0.3) is 0 Å². The molecule has 0 saturated heterocycles. The summed E-state index contributed by atoms with van der Waals surface area (Å²) in [6, 6.07) is 6.14. The molecule has 1 aliphatic heterocycles. The van der Waals surface area contributed by atoms with Gasteiger partial charge in [-0.1, -0.05) is 17.7 Å². The van der Waals surface area contributed by atoms with Gasteiger partial charge in [-0.3, -0.25) is 0 Å². The first-order chi connectivity index (χ1) is 7.84. The second-order valence-electron chi connectivity index (χ2n) is 3.97. The van der Waals surface area contributed by atoms with Crippen LogP contribution < -0.4 is 5.32 Å². The van der Waals surface area contributed by atoms with Crippen LogP contribution >= 0.6 is 22.9 Å². The molecule has 0 bridgehead atoms. The van der Waals surface area contributed by atoms with Crippen molar-refractivity contribution < 1.29 is 0 Å². The van der Waals surface area contributed by atoms with Crippen molar-refractivity contribution in [2.45, 2.75) is 6.42 Å². The van der Waals surface area contributed by atoms with Crippen LogP contribution in [0.4, 0.5) is 0 Å². The van der Waals surface area contributed by atoms with Crippen LogP contribution in [0.2, 0.25) is 5.02 Å². The molecule has 0 atom stereocenters. The molecule has 0 unspecified atom stereocenters. The van der Waals surface area contributed by atoms with Crippen molar-refractivity contribution in [3.8, 4) is 0 Å². The molecule has 1 N–H and O–H groups in total. The Balaban J connectivity index is 2.16. The van der Waals surface area contributed by atoms with Crippen LogP contribution in [0, 0.1) is 0 Å². The molecule has 0 fully saturated rings. The first kappa shape index (κ1) is 10.3. The van der Waals surface area contributed by atoms with Gasteiger partial charge in [0.1, 0.15) is 0 Å². The normalized spacial score (nSPS) is 16.4. The zero-order valence-corrected chi connectivity index (χ0v) is 10.4. The van der Waals surface area contributed by atoms with E-state index in [-0.39, 0.29) is 0 Å². The highest BCUT2D eigenvalue weighted by Gasteiger charge is 2.11. The third kappa shape index (κ3) is 1.77. The molecular weight excluding hydrogens is 238 g/mol. The van der Waals surface area contributed by atoms with Crippen molar-refractivity contribution in [3.05, 3.63) is 40.2 Å². The molecular formula is C13H12ClNS. The Morgan fingerprint density at radius 3 is 3.06 bits per heavy atom. The zero-order chi connectivity index (χ0) is 11.0. The molecule has 0 saturated carbocycles.